The second kappa shape index (κ2) is 3.15. The summed E-state index contributed by atoms with van der Waals surface area (Å²) in [5.41, 5.74) is 2.27. The molecule has 4 heteroatoms. The molecule has 0 atom stereocenters. The van der Waals surface area contributed by atoms with Crippen molar-refractivity contribution in [3.05, 3.63) is 29.7 Å². The van der Waals surface area contributed by atoms with E-state index in [4.69, 9.17) is 0 Å². The molecular formula is C11H13N3O. The Morgan fingerprint density at radius 3 is 2.73 bits per heavy atom. The lowest BCUT2D eigenvalue weighted by Crippen LogP contribution is -2.11. The highest BCUT2D eigenvalue weighted by atomic mass is 16.1. The summed E-state index contributed by atoms with van der Waals surface area (Å²) in [5.74, 6) is 0. The van der Waals surface area contributed by atoms with E-state index in [-0.39, 0.29) is 5.41 Å². The van der Waals surface area contributed by atoms with Gasteiger partial charge in [-0.2, -0.15) is 5.10 Å². The van der Waals surface area contributed by atoms with Crippen LogP contribution < -0.4 is 0 Å². The van der Waals surface area contributed by atoms with Crippen LogP contribution in [0.15, 0.2) is 18.5 Å². The van der Waals surface area contributed by atoms with Gasteiger partial charge in [-0.25, -0.2) is 9.50 Å². The first-order valence-electron chi connectivity index (χ1n) is 4.82. The minimum atomic E-state index is -0.00492. The van der Waals surface area contributed by atoms with Gasteiger partial charge < -0.3 is 0 Å². The number of rotatable bonds is 1. The minimum absolute atomic E-state index is 0.00492. The van der Waals surface area contributed by atoms with E-state index in [9.17, 15) is 4.79 Å². The molecule has 78 valence electrons. The summed E-state index contributed by atoms with van der Waals surface area (Å²) in [4.78, 5) is 14.7. The molecule has 2 aromatic heterocycles. The molecule has 2 rings (SSSR count). The molecule has 0 aliphatic rings. The molecule has 0 saturated carbocycles. The number of carbonyl (C=O) groups is 1. The second-order valence-electron chi connectivity index (χ2n) is 4.59. The van der Waals surface area contributed by atoms with Crippen LogP contribution in [0.25, 0.3) is 5.65 Å². The minimum Gasteiger partial charge on any atom is -0.298 e. The Bertz CT molecular complexity index is 508. The van der Waals surface area contributed by atoms with Gasteiger partial charge in [0, 0.05) is 23.9 Å². The molecule has 0 aliphatic carbocycles. The molecule has 0 spiro atoms. The molecule has 0 aliphatic heterocycles. The number of aldehydes is 1. The average molecular weight is 203 g/mol. The van der Waals surface area contributed by atoms with Crippen LogP contribution in [0.2, 0.25) is 0 Å². The second-order valence-corrected chi connectivity index (χ2v) is 4.59. The van der Waals surface area contributed by atoms with Crippen LogP contribution >= 0.6 is 0 Å². The summed E-state index contributed by atoms with van der Waals surface area (Å²) in [6.45, 7) is 6.28. The molecule has 0 aromatic carbocycles. The fourth-order valence-corrected chi connectivity index (χ4v) is 1.32. The van der Waals surface area contributed by atoms with Gasteiger partial charge in [-0.1, -0.05) is 20.8 Å². The third-order valence-corrected chi connectivity index (χ3v) is 2.24. The average Bonchev–Trinajstić information content (AvgIpc) is 2.59. The summed E-state index contributed by atoms with van der Waals surface area (Å²) >= 11 is 0. The van der Waals surface area contributed by atoms with Crippen molar-refractivity contribution in [2.45, 2.75) is 26.2 Å². The van der Waals surface area contributed by atoms with E-state index < -0.39 is 0 Å². The first-order chi connectivity index (χ1) is 7.00. The van der Waals surface area contributed by atoms with Crippen LogP contribution in [0.1, 0.15) is 36.8 Å². The van der Waals surface area contributed by atoms with E-state index >= 15 is 0 Å². The number of carbonyl (C=O) groups excluding carboxylic acids is 1. The van der Waals surface area contributed by atoms with Crippen LogP contribution in [0.3, 0.4) is 0 Å². The van der Waals surface area contributed by atoms with Gasteiger partial charge in [-0.15, -0.1) is 0 Å². The Balaban J connectivity index is 2.61. The van der Waals surface area contributed by atoms with Crippen molar-refractivity contribution in [1.29, 1.82) is 0 Å². The standard InChI is InChI=1S/C11H13N3O/c1-11(2,3)9-4-10-12-5-8(7-15)6-14(10)13-9/h4-7H,1-3H3. The van der Waals surface area contributed by atoms with Gasteiger partial charge in [0.25, 0.3) is 0 Å². The molecule has 0 fully saturated rings. The molecule has 0 unspecified atom stereocenters. The van der Waals surface area contributed by atoms with Gasteiger partial charge in [0.15, 0.2) is 11.9 Å². The van der Waals surface area contributed by atoms with Crippen LogP contribution in [0.5, 0.6) is 0 Å². The zero-order valence-electron chi connectivity index (χ0n) is 9.06. The maximum Gasteiger partial charge on any atom is 0.155 e. The van der Waals surface area contributed by atoms with E-state index in [0.717, 1.165) is 17.6 Å². The molecule has 0 N–H and O–H groups in total. The third-order valence-electron chi connectivity index (χ3n) is 2.24. The van der Waals surface area contributed by atoms with Crippen LogP contribution in [0, 0.1) is 0 Å². The molecule has 0 bridgehead atoms. The molecule has 15 heavy (non-hydrogen) atoms. The lowest BCUT2D eigenvalue weighted by atomic mass is 9.93. The van der Waals surface area contributed by atoms with Crippen LogP contribution in [-0.4, -0.2) is 20.9 Å². The smallest absolute Gasteiger partial charge is 0.155 e. The molecule has 0 radical (unpaired) electrons. The monoisotopic (exact) mass is 203 g/mol. The molecule has 0 saturated heterocycles. The zero-order chi connectivity index (χ0) is 11.1. The third kappa shape index (κ3) is 1.75. The summed E-state index contributed by atoms with van der Waals surface area (Å²) in [6, 6.07) is 1.94. The van der Waals surface area contributed by atoms with Gasteiger partial charge in [0.2, 0.25) is 0 Å². The van der Waals surface area contributed by atoms with Crippen molar-refractivity contribution in [3.8, 4) is 0 Å². The molecule has 4 nitrogen and oxygen atoms in total. The summed E-state index contributed by atoms with van der Waals surface area (Å²) < 4.78 is 1.64. The number of hydrogen-bond donors (Lipinski definition) is 0. The zero-order valence-corrected chi connectivity index (χ0v) is 9.06. The van der Waals surface area contributed by atoms with Gasteiger partial charge in [-0.3, -0.25) is 4.79 Å². The molecule has 2 aromatic rings. The summed E-state index contributed by atoms with van der Waals surface area (Å²) in [5, 5.41) is 4.39. The topological polar surface area (TPSA) is 47.3 Å². The number of aromatic nitrogens is 3. The first kappa shape index (κ1) is 9.83. The highest BCUT2D eigenvalue weighted by molar-refractivity contribution is 5.73. The Kier molecular flexibility index (Phi) is 2.07. The van der Waals surface area contributed by atoms with Crippen molar-refractivity contribution >= 4 is 11.9 Å². The number of fused-ring (bicyclic) bond motifs is 1. The quantitative estimate of drug-likeness (QED) is 0.664. The largest absolute Gasteiger partial charge is 0.298 e. The van der Waals surface area contributed by atoms with E-state index in [1.807, 2.05) is 6.07 Å². The highest BCUT2D eigenvalue weighted by Crippen LogP contribution is 2.21. The van der Waals surface area contributed by atoms with E-state index in [0.29, 0.717) is 5.56 Å². The van der Waals surface area contributed by atoms with E-state index in [2.05, 4.69) is 30.9 Å². The fraction of sp³-hybridized carbons (Fsp3) is 0.364. The number of hydrogen-bond acceptors (Lipinski definition) is 3. The molecular weight excluding hydrogens is 190 g/mol. The Hall–Kier alpha value is -1.71. The van der Waals surface area contributed by atoms with Crippen molar-refractivity contribution in [3.63, 3.8) is 0 Å². The van der Waals surface area contributed by atoms with Gasteiger partial charge in [0.1, 0.15) is 0 Å². The SMILES string of the molecule is CC(C)(C)c1cc2ncc(C=O)cn2n1. The number of nitrogens with zero attached hydrogens (tertiary/aromatic N) is 3. The highest BCUT2D eigenvalue weighted by Gasteiger charge is 2.17. The van der Waals surface area contributed by atoms with Crippen molar-refractivity contribution in [1.82, 2.24) is 14.6 Å². The van der Waals surface area contributed by atoms with Crippen LogP contribution in [0.4, 0.5) is 0 Å². The lowest BCUT2D eigenvalue weighted by molar-refractivity contribution is 0.112. The lowest BCUT2D eigenvalue weighted by Gasteiger charge is -2.13. The first-order valence-corrected chi connectivity index (χ1v) is 4.82. The maximum atomic E-state index is 10.6. The van der Waals surface area contributed by atoms with E-state index in [1.54, 1.807) is 16.9 Å². The summed E-state index contributed by atoms with van der Waals surface area (Å²) in [6.07, 6.45) is 4.01. The maximum absolute atomic E-state index is 10.6. The van der Waals surface area contributed by atoms with E-state index in [1.165, 1.54) is 0 Å². The Morgan fingerprint density at radius 2 is 2.13 bits per heavy atom. The Labute approximate surface area is 87.9 Å². The van der Waals surface area contributed by atoms with Crippen molar-refractivity contribution < 1.29 is 4.79 Å². The van der Waals surface area contributed by atoms with Gasteiger partial charge in [0.05, 0.1) is 11.3 Å². The normalized spacial score (nSPS) is 11.9. The predicted molar refractivity (Wildman–Crippen MR) is 57.1 cm³/mol. The van der Waals surface area contributed by atoms with Crippen LogP contribution in [-0.2, 0) is 5.41 Å². The van der Waals surface area contributed by atoms with Gasteiger partial charge >= 0.3 is 0 Å². The van der Waals surface area contributed by atoms with Crippen molar-refractivity contribution in [2.75, 3.05) is 0 Å². The Morgan fingerprint density at radius 1 is 1.40 bits per heavy atom. The van der Waals surface area contributed by atoms with Gasteiger partial charge in [-0.05, 0) is 0 Å². The molecule has 2 heterocycles. The summed E-state index contributed by atoms with van der Waals surface area (Å²) in [7, 11) is 0. The fourth-order valence-electron chi connectivity index (χ4n) is 1.32. The van der Waals surface area contributed by atoms with Crippen molar-refractivity contribution in [2.24, 2.45) is 0 Å². The molecule has 0 amide bonds. The predicted octanol–water partition coefficient (Wildman–Crippen LogP) is 1.84.